The summed E-state index contributed by atoms with van der Waals surface area (Å²) in [4.78, 5) is 29.5. The van der Waals surface area contributed by atoms with E-state index in [0.29, 0.717) is 18.7 Å². The molecular weight excluding hydrogens is 338 g/mol. The number of aryl methyl sites for hydroxylation is 2. The number of carbonyl (C=O) groups excluding carboxylic acids is 1. The van der Waals surface area contributed by atoms with E-state index in [0.717, 1.165) is 33.3 Å². The minimum atomic E-state index is -0.0124. The van der Waals surface area contributed by atoms with Gasteiger partial charge in [-0.15, -0.1) is 0 Å². The molecule has 1 aromatic heterocycles. The summed E-state index contributed by atoms with van der Waals surface area (Å²) in [5, 5.41) is 4.10. The molecule has 27 heavy (non-hydrogen) atoms. The number of rotatable bonds is 5. The second kappa shape index (κ2) is 7.76. The second-order valence-corrected chi connectivity index (χ2v) is 7.11. The lowest BCUT2D eigenvalue weighted by Gasteiger charge is -2.12. The Hall–Kier alpha value is -2.92. The predicted octanol–water partition coefficient (Wildman–Crippen LogP) is 3.14. The standard InChI is InChI=1S/C22H25N3O2/c1-14-8-9-15(2)21-20(14)19(26)11-18(24-21)13-23-12-16-6-5-7-17(10-16)22(27)25(3)4/h5-11,23H,12-13H2,1-4H3,(H,24,26). The minimum absolute atomic E-state index is 0.0124. The Labute approximate surface area is 159 Å². The van der Waals surface area contributed by atoms with Crippen LogP contribution in [0.15, 0.2) is 47.3 Å². The molecule has 140 valence electrons. The predicted molar refractivity (Wildman–Crippen MR) is 109 cm³/mol. The van der Waals surface area contributed by atoms with Gasteiger partial charge in [0.15, 0.2) is 5.43 Å². The zero-order valence-electron chi connectivity index (χ0n) is 16.2. The summed E-state index contributed by atoms with van der Waals surface area (Å²) in [5.74, 6) is -0.0124. The molecule has 3 aromatic rings. The molecule has 0 atom stereocenters. The van der Waals surface area contributed by atoms with E-state index >= 15 is 0 Å². The van der Waals surface area contributed by atoms with E-state index in [1.807, 2.05) is 50.2 Å². The maximum absolute atomic E-state index is 12.5. The Morgan fingerprint density at radius 1 is 1.04 bits per heavy atom. The van der Waals surface area contributed by atoms with Crippen molar-refractivity contribution in [3.8, 4) is 0 Å². The van der Waals surface area contributed by atoms with Crippen molar-refractivity contribution in [3.63, 3.8) is 0 Å². The molecule has 2 N–H and O–H groups in total. The Bertz CT molecular complexity index is 1050. The molecule has 0 bridgehead atoms. The molecule has 0 aliphatic heterocycles. The third-order valence-corrected chi connectivity index (χ3v) is 4.68. The van der Waals surface area contributed by atoms with Crippen LogP contribution < -0.4 is 10.7 Å². The van der Waals surface area contributed by atoms with Crippen LogP contribution in [0.1, 0.15) is 32.7 Å². The summed E-state index contributed by atoms with van der Waals surface area (Å²) >= 11 is 0. The summed E-state index contributed by atoms with van der Waals surface area (Å²) in [5.41, 5.74) is 5.53. The molecule has 2 aromatic carbocycles. The van der Waals surface area contributed by atoms with Gasteiger partial charge in [0.05, 0.1) is 5.52 Å². The molecular formula is C22H25N3O2. The zero-order chi connectivity index (χ0) is 19.6. The average Bonchev–Trinajstić information content (AvgIpc) is 2.64. The largest absolute Gasteiger partial charge is 0.357 e. The van der Waals surface area contributed by atoms with Crippen LogP contribution in [0.3, 0.4) is 0 Å². The van der Waals surface area contributed by atoms with Gasteiger partial charge in [-0.05, 0) is 42.7 Å². The van der Waals surface area contributed by atoms with Crippen LogP contribution in [0.5, 0.6) is 0 Å². The van der Waals surface area contributed by atoms with Crippen molar-refractivity contribution in [3.05, 3.63) is 80.6 Å². The van der Waals surface area contributed by atoms with Crippen LogP contribution in [0, 0.1) is 13.8 Å². The number of aromatic nitrogens is 1. The molecule has 1 amide bonds. The number of nitrogens with one attached hydrogen (secondary N) is 2. The Morgan fingerprint density at radius 3 is 2.52 bits per heavy atom. The Kier molecular flexibility index (Phi) is 5.42. The lowest BCUT2D eigenvalue weighted by atomic mass is 10.0. The number of hydrogen-bond acceptors (Lipinski definition) is 3. The van der Waals surface area contributed by atoms with E-state index in [1.54, 1.807) is 25.1 Å². The molecule has 0 saturated heterocycles. The highest BCUT2D eigenvalue weighted by Crippen LogP contribution is 2.17. The molecule has 5 nitrogen and oxygen atoms in total. The van der Waals surface area contributed by atoms with Gasteiger partial charge in [0.2, 0.25) is 0 Å². The number of nitrogens with zero attached hydrogens (tertiary/aromatic N) is 1. The molecule has 0 fully saturated rings. The van der Waals surface area contributed by atoms with Gasteiger partial charge in [-0.1, -0.05) is 24.3 Å². The van der Waals surface area contributed by atoms with Crippen molar-refractivity contribution >= 4 is 16.8 Å². The molecule has 1 heterocycles. The third kappa shape index (κ3) is 4.09. The maximum Gasteiger partial charge on any atom is 0.253 e. The Balaban J connectivity index is 1.75. The van der Waals surface area contributed by atoms with E-state index < -0.39 is 0 Å². The number of amides is 1. The lowest BCUT2D eigenvalue weighted by molar-refractivity contribution is 0.0827. The van der Waals surface area contributed by atoms with Crippen LogP contribution in [0.2, 0.25) is 0 Å². The average molecular weight is 363 g/mol. The quantitative estimate of drug-likeness (QED) is 0.732. The summed E-state index contributed by atoms with van der Waals surface area (Å²) < 4.78 is 0. The molecule has 0 aliphatic carbocycles. The van der Waals surface area contributed by atoms with Crippen LogP contribution >= 0.6 is 0 Å². The number of hydrogen-bond donors (Lipinski definition) is 2. The van der Waals surface area contributed by atoms with Gasteiger partial charge in [0.1, 0.15) is 0 Å². The zero-order valence-corrected chi connectivity index (χ0v) is 16.2. The first-order chi connectivity index (χ1) is 12.9. The van der Waals surface area contributed by atoms with Crippen molar-refractivity contribution in [2.75, 3.05) is 14.1 Å². The van der Waals surface area contributed by atoms with Gasteiger partial charge in [-0.25, -0.2) is 0 Å². The number of carbonyl (C=O) groups is 1. The minimum Gasteiger partial charge on any atom is -0.357 e. The van der Waals surface area contributed by atoms with Crippen molar-refractivity contribution in [1.82, 2.24) is 15.2 Å². The SMILES string of the molecule is Cc1ccc(C)c2c(=O)cc(CNCc3cccc(C(=O)N(C)C)c3)[nH]c12. The summed E-state index contributed by atoms with van der Waals surface area (Å²) in [6, 6.07) is 13.2. The van der Waals surface area contributed by atoms with Crippen LogP contribution in [-0.4, -0.2) is 29.9 Å². The fourth-order valence-corrected chi connectivity index (χ4v) is 3.23. The van der Waals surface area contributed by atoms with Gasteiger partial charge in [-0.3, -0.25) is 9.59 Å². The summed E-state index contributed by atoms with van der Waals surface area (Å²) in [6.45, 7) is 5.12. The molecule has 0 saturated carbocycles. The highest BCUT2D eigenvalue weighted by atomic mass is 16.2. The topological polar surface area (TPSA) is 65.2 Å². The monoisotopic (exact) mass is 363 g/mol. The summed E-state index contributed by atoms with van der Waals surface area (Å²) in [6.07, 6.45) is 0. The number of fused-ring (bicyclic) bond motifs is 1. The van der Waals surface area contributed by atoms with Crippen molar-refractivity contribution < 1.29 is 4.79 Å². The highest BCUT2D eigenvalue weighted by Gasteiger charge is 2.09. The lowest BCUT2D eigenvalue weighted by Crippen LogP contribution is -2.22. The Morgan fingerprint density at radius 2 is 1.78 bits per heavy atom. The van der Waals surface area contributed by atoms with Gasteiger partial charge in [0, 0.05) is 49.9 Å². The maximum atomic E-state index is 12.5. The number of aromatic amines is 1. The van der Waals surface area contributed by atoms with E-state index in [4.69, 9.17) is 0 Å². The molecule has 3 rings (SSSR count). The second-order valence-electron chi connectivity index (χ2n) is 7.11. The first kappa shape index (κ1) is 18.9. The van der Waals surface area contributed by atoms with Crippen LogP contribution in [0.4, 0.5) is 0 Å². The number of benzene rings is 2. The van der Waals surface area contributed by atoms with Gasteiger partial charge < -0.3 is 15.2 Å². The first-order valence-electron chi connectivity index (χ1n) is 9.00. The van der Waals surface area contributed by atoms with Gasteiger partial charge >= 0.3 is 0 Å². The first-order valence-corrected chi connectivity index (χ1v) is 9.00. The van der Waals surface area contributed by atoms with Crippen molar-refractivity contribution in [2.45, 2.75) is 26.9 Å². The highest BCUT2D eigenvalue weighted by molar-refractivity contribution is 5.94. The van der Waals surface area contributed by atoms with Gasteiger partial charge in [-0.2, -0.15) is 0 Å². The van der Waals surface area contributed by atoms with Crippen LogP contribution in [-0.2, 0) is 13.1 Å². The normalized spacial score (nSPS) is 11.0. The van der Waals surface area contributed by atoms with Gasteiger partial charge in [0.25, 0.3) is 5.91 Å². The fraction of sp³-hybridized carbons (Fsp3) is 0.273. The van der Waals surface area contributed by atoms with Crippen LogP contribution in [0.25, 0.3) is 10.9 Å². The summed E-state index contributed by atoms with van der Waals surface area (Å²) in [7, 11) is 3.49. The number of H-pyrrole nitrogens is 1. The van der Waals surface area contributed by atoms with Crippen molar-refractivity contribution in [2.24, 2.45) is 0 Å². The fourth-order valence-electron chi connectivity index (χ4n) is 3.23. The molecule has 0 aliphatic rings. The molecule has 0 radical (unpaired) electrons. The molecule has 0 unspecified atom stereocenters. The third-order valence-electron chi connectivity index (χ3n) is 4.68. The molecule has 5 heteroatoms. The van der Waals surface area contributed by atoms with E-state index in [2.05, 4.69) is 10.3 Å². The van der Waals surface area contributed by atoms with E-state index in [-0.39, 0.29) is 11.3 Å². The smallest absolute Gasteiger partial charge is 0.253 e. The van der Waals surface area contributed by atoms with Crippen molar-refractivity contribution in [1.29, 1.82) is 0 Å². The van der Waals surface area contributed by atoms with E-state index in [9.17, 15) is 9.59 Å². The molecule has 0 spiro atoms. The number of pyridine rings is 1. The van der Waals surface area contributed by atoms with E-state index in [1.165, 1.54) is 0 Å².